The quantitative estimate of drug-likeness (QED) is 0.848. The number of rotatable bonds is 6. The number of nitrogens with zero attached hydrogens (tertiary/aromatic N) is 4. The molecular formula is C17H24N6O. The van der Waals surface area contributed by atoms with Crippen molar-refractivity contribution in [3.63, 3.8) is 0 Å². The molecule has 0 saturated carbocycles. The molecule has 128 valence electrons. The summed E-state index contributed by atoms with van der Waals surface area (Å²) in [7, 11) is 0. The molecule has 1 aliphatic heterocycles. The predicted octanol–water partition coefficient (Wildman–Crippen LogP) is 2.11. The minimum Gasteiger partial charge on any atom is -0.316 e. The molecule has 0 aliphatic carbocycles. The van der Waals surface area contributed by atoms with Crippen LogP contribution in [0.3, 0.4) is 0 Å². The van der Waals surface area contributed by atoms with E-state index >= 15 is 0 Å². The van der Waals surface area contributed by atoms with E-state index in [4.69, 9.17) is 0 Å². The van der Waals surface area contributed by atoms with Crippen LogP contribution < -0.4 is 10.6 Å². The van der Waals surface area contributed by atoms with Crippen LogP contribution in [-0.4, -0.2) is 38.7 Å². The van der Waals surface area contributed by atoms with Crippen LogP contribution in [0.5, 0.6) is 0 Å². The summed E-state index contributed by atoms with van der Waals surface area (Å²) in [5.41, 5.74) is 0.901. The minimum absolute atomic E-state index is 0.00860. The van der Waals surface area contributed by atoms with Gasteiger partial charge in [0.05, 0.1) is 5.69 Å². The molecule has 1 fully saturated rings. The molecule has 2 aromatic heterocycles. The second-order valence-corrected chi connectivity index (χ2v) is 6.52. The van der Waals surface area contributed by atoms with Crippen LogP contribution in [0.15, 0.2) is 24.5 Å². The number of hydrogen-bond acceptors (Lipinski definition) is 5. The highest BCUT2D eigenvalue weighted by molar-refractivity contribution is 5.90. The van der Waals surface area contributed by atoms with Gasteiger partial charge in [0.25, 0.3) is 5.95 Å². The summed E-state index contributed by atoms with van der Waals surface area (Å²) < 4.78 is 1.60. The number of anilines is 1. The Morgan fingerprint density at radius 3 is 2.88 bits per heavy atom. The Balaban J connectivity index is 1.72. The van der Waals surface area contributed by atoms with Crippen LogP contribution in [0.25, 0.3) is 5.95 Å². The SMILES string of the molecule is CC(C)c1cc(NC(=O)CCC2CCNC2)n(-c2ncccn2)n1. The van der Waals surface area contributed by atoms with E-state index in [-0.39, 0.29) is 11.8 Å². The van der Waals surface area contributed by atoms with Gasteiger partial charge in [-0.25, -0.2) is 9.97 Å². The van der Waals surface area contributed by atoms with Gasteiger partial charge < -0.3 is 10.6 Å². The zero-order valence-corrected chi connectivity index (χ0v) is 14.2. The molecule has 1 unspecified atom stereocenters. The molecule has 3 rings (SSSR count). The number of amides is 1. The third-order valence-electron chi connectivity index (χ3n) is 4.27. The van der Waals surface area contributed by atoms with Crippen LogP contribution in [0.1, 0.15) is 44.7 Å². The predicted molar refractivity (Wildman–Crippen MR) is 92.1 cm³/mol. The molecular weight excluding hydrogens is 304 g/mol. The van der Waals surface area contributed by atoms with E-state index in [9.17, 15) is 4.79 Å². The molecule has 1 saturated heterocycles. The van der Waals surface area contributed by atoms with Crippen molar-refractivity contribution in [3.05, 3.63) is 30.2 Å². The van der Waals surface area contributed by atoms with Crippen molar-refractivity contribution in [2.75, 3.05) is 18.4 Å². The van der Waals surface area contributed by atoms with E-state index < -0.39 is 0 Å². The molecule has 1 atom stereocenters. The van der Waals surface area contributed by atoms with Crippen molar-refractivity contribution in [2.24, 2.45) is 5.92 Å². The zero-order valence-electron chi connectivity index (χ0n) is 14.2. The maximum absolute atomic E-state index is 12.3. The second-order valence-electron chi connectivity index (χ2n) is 6.52. The fraction of sp³-hybridized carbons (Fsp3) is 0.529. The average molecular weight is 328 g/mol. The Kier molecular flexibility index (Phi) is 5.20. The fourth-order valence-electron chi connectivity index (χ4n) is 2.83. The summed E-state index contributed by atoms with van der Waals surface area (Å²) >= 11 is 0. The van der Waals surface area contributed by atoms with Crippen molar-refractivity contribution in [1.29, 1.82) is 0 Å². The average Bonchev–Trinajstić information content (AvgIpc) is 3.23. The molecule has 0 aromatic carbocycles. The monoisotopic (exact) mass is 328 g/mol. The minimum atomic E-state index is 0.00860. The van der Waals surface area contributed by atoms with E-state index in [0.717, 1.165) is 31.6 Å². The second kappa shape index (κ2) is 7.53. The maximum atomic E-state index is 12.3. The van der Waals surface area contributed by atoms with Gasteiger partial charge >= 0.3 is 0 Å². The number of aromatic nitrogens is 4. The Morgan fingerprint density at radius 1 is 1.42 bits per heavy atom. The number of hydrogen-bond donors (Lipinski definition) is 2. The van der Waals surface area contributed by atoms with Crippen molar-refractivity contribution in [3.8, 4) is 5.95 Å². The number of carbonyl (C=O) groups is 1. The van der Waals surface area contributed by atoms with Gasteiger partial charge in [0.1, 0.15) is 5.82 Å². The highest BCUT2D eigenvalue weighted by Gasteiger charge is 2.18. The lowest BCUT2D eigenvalue weighted by Gasteiger charge is -2.09. The lowest BCUT2D eigenvalue weighted by atomic mass is 10.0. The highest BCUT2D eigenvalue weighted by Crippen LogP contribution is 2.21. The van der Waals surface area contributed by atoms with Gasteiger partial charge in [0, 0.05) is 24.9 Å². The van der Waals surface area contributed by atoms with Gasteiger partial charge in [-0.2, -0.15) is 9.78 Å². The summed E-state index contributed by atoms with van der Waals surface area (Å²) in [4.78, 5) is 20.8. The van der Waals surface area contributed by atoms with Crippen molar-refractivity contribution < 1.29 is 4.79 Å². The molecule has 3 heterocycles. The smallest absolute Gasteiger partial charge is 0.252 e. The van der Waals surface area contributed by atoms with Crippen LogP contribution in [-0.2, 0) is 4.79 Å². The molecule has 1 aliphatic rings. The first kappa shape index (κ1) is 16.6. The van der Waals surface area contributed by atoms with Gasteiger partial charge in [-0.3, -0.25) is 4.79 Å². The molecule has 0 radical (unpaired) electrons. The summed E-state index contributed by atoms with van der Waals surface area (Å²) in [5.74, 6) is 1.95. The van der Waals surface area contributed by atoms with Crippen LogP contribution in [0.4, 0.5) is 5.82 Å². The fourth-order valence-corrected chi connectivity index (χ4v) is 2.83. The molecule has 7 nitrogen and oxygen atoms in total. The number of nitrogens with one attached hydrogen (secondary N) is 2. The molecule has 0 bridgehead atoms. The Hall–Kier alpha value is -2.28. The van der Waals surface area contributed by atoms with Crippen LogP contribution in [0, 0.1) is 5.92 Å². The lowest BCUT2D eigenvalue weighted by molar-refractivity contribution is -0.116. The summed E-state index contributed by atoms with van der Waals surface area (Å²) in [5, 5.41) is 10.8. The standard InChI is InChI=1S/C17H24N6O/c1-12(2)14-10-15(23(22-14)17-19-7-3-8-20-17)21-16(24)5-4-13-6-9-18-11-13/h3,7-8,10,12-13,18H,4-6,9,11H2,1-2H3,(H,21,24). The molecule has 7 heteroatoms. The van der Waals surface area contributed by atoms with Crippen molar-refractivity contribution in [2.45, 2.75) is 39.0 Å². The topological polar surface area (TPSA) is 84.7 Å². The van der Waals surface area contributed by atoms with E-state index in [1.807, 2.05) is 6.07 Å². The molecule has 24 heavy (non-hydrogen) atoms. The summed E-state index contributed by atoms with van der Waals surface area (Å²) in [6.07, 6.45) is 5.91. The summed E-state index contributed by atoms with van der Waals surface area (Å²) in [6, 6.07) is 3.65. The van der Waals surface area contributed by atoms with E-state index in [0.29, 0.717) is 24.1 Å². The van der Waals surface area contributed by atoms with E-state index in [2.05, 4.69) is 39.5 Å². The summed E-state index contributed by atoms with van der Waals surface area (Å²) in [6.45, 7) is 6.21. The number of carbonyl (C=O) groups excluding carboxylic acids is 1. The largest absolute Gasteiger partial charge is 0.316 e. The lowest BCUT2D eigenvalue weighted by Crippen LogP contribution is -2.17. The van der Waals surface area contributed by atoms with Gasteiger partial charge in [-0.15, -0.1) is 0 Å². The van der Waals surface area contributed by atoms with Gasteiger partial charge in [-0.1, -0.05) is 13.8 Å². The van der Waals surface area contributed by atoms with E-state index in [1.165, 1.54) is 0 Å². The first-order chi connectivity index (χ1) is 11.6. The molecule has 2 N–H and O–H groups in total. The first-order valence-corrected chi connectivity index (χ1v) is 8.51. The Labute approximate surface area is 141 Å². The Bertz CT molecular complexity index is 676. The molecule has 0 spiro atoms. The third-order valence-corrected chi connectivity index (χ3v) is 4.27. The molecule has 1 amide bonds. The zero-order chi connectivity index (χ0) is 16.9. The van der Waals surface area contributed by atoms with Crippen molar-refractivity contribution in [1.82, 2.24) is 25.1 Å². The van der Waals surface area contributed by atoms with E-state index in [1.54, 1.807) is 23.1 Å². The maximum Gasteiger partial charge on any atom is 0.252 e. The third kappa shape index (κ3) is 3.97. The van der Waals surface area contributed by atoms with Crippen molar-refractivity contribution >= 4 is 11.7 Å². The van der Waals surface area contributed by atoms with Crippen LogP contribution >= 0.6 is 0 Å². The normalized spacial score (nSPS) is 17.4. The van der Waals surface area contributed by atoms with Crippen LogP contribution in [0.2, 0.25) is 0 Å². The van der Waals surface area contributed by atoms with Gasteiger partial charge in [-0.05, 0) is 43.8 Å². The Morgan fingerprint density at radius 2 is 2.21 bits per heavy atom. The van der Waals surface area contributed by atoms with Gasteiger partial charge in [0.15, 0.2) is 0 Å². The van der Waals surface area contributed by atoms with Gasteiger partial charge in [0.2, 0.25) is 5.91 Å². The first-order valence-electron chi connectivity index (χ1n) is 8.51. The highest BCUT2D eigenvalue weighted by atomic mass is 16.1. The molecule has 2 aromatic rings.